The van der Waals surface area contributed by atoms with E-state index < -0.39 is 0 Å². The Labute approximate surface area is 128 Å². The average Bonchev–Trinajstić information content (AvgIpc) is 3.23. The lowest BCUT2D eigenvalue weighted by Crippen LogP contribution is -2.24. The molecule has 1 fully saturated rings. The van der Waals surface area contributed by atoms with Crippen LogP contribution in [-0.2, 0) is 0 Å². The van der Waals surface area contributed by atoms with E-state index in [-0.39, 0.29) is 12.6 Å². The predicted octanol–water partition coefficient (Wildman–Crippen LogP) is 1.99. The molecule has 4 rings (SSSR count). The minimum absolute atomic E-state index is 0.178. The Balaban J connectivity index is 1.79. The standard InChI is InChI=1S/C17H18N4O/c22-11-13-8-14(10-20-13)21-7-6-19-17(21)16-3-1-2-12-9-18-5-4-15(12)16/h1-7,9,13-14,20,22H,8,10-11H2/t13-,14-/m0/s1. The smallest absolute Gasteiger partial charge is 0.140 e. The first-order chi connectivity index (χ1) is 10.9. The van der Waals surface area contributed by atoms with Gasteiger partial charge in [-0.15, -0.1) is 0 Å². The molecule has 0 aliphatic carbocycles. The summed E-state index contributed by atoms with van der Waals surface area (Å²) in [6.45, 7) is 1.04. The molecule has 0 bridgehead atoms. The van der Waals surface area contributed by atoms with Gasteiger partial charge < -0.3 is 15.0 Å². The lowest BCUT2D eigenvalue weighted by Gasteiger charge is -2.16. The van der Waals surface area contributed by atoms with Crippen molar-refractivity contribution in [1.29, 1.82) is 0 Å². The molecule has 2 atom stereocenters. The maximum Gasteiger partial charge on any atom is 0.140 e. The molecule has 3 heterocycles. The molecule has 1 aromatic carbocycles. The summed E-state index contributed by atoms with van der Waals surface area (Å²) < 4.78 is 2.22. The Morgan fingerprint density at radius 1 is 1.27 bits per heavy atom. The summed E-state index contributed by atoms with van der Waals surface area (Å²) in [6.07, 6.45) is 8.50. The predicted molar refractivity (Wildman–Crippen MR) is 85.5 cm³/mol. The van der Waals surface area contributed by atoms with Crippen molar-refractivity contribution in [2.75, 3.05) is 13.2 Å². The van der Waals surface area contributed by atoms with Gasteiger partial charge in [0.05, 0.1) is 6.61 Å². The molecule has 1 aliphatic heterocycles. The summed E-state index contributed by atoms with van der Waals surface area (Å²) in [6, 6.07) is 8.75. The molecule has 5 nitrogen and oxygen atoms in total. The van der Waals surface area contributed by atoms with Crippen LogP contribution in [0.2, 0.25) is 0 Å². The normalized spacial score (nSPS) is 21.5. The number of aromatic nitrogens is 3. The molecule has 112 valence electrons. The molecule has 3 aromatic rings. The quantitative estimate of drug-likeness (QED) is 0.775. The monoisotopic (exact) mass is 294 g/mol. The molecule has 1 saturated heterocycles. The van der Waals surface area contributed by atoms with Crippen LogP contribution < -0.4 is 5.32 Å². The van der Waals surface area contributed by atoms with Gasteiger partial charge >= 0.3 is 0 Å². The number of fused-ring (bicyclic) bond motifs is 1. The van der Waals surface area contributed by atoms with Gasteiger partial charge in [0, 0.05) is 54.4 Å². The van der Waals surface area contributed by atoms with Crippen molar-refractivity contribution in [2.45, 2.75) is 18.5 Å². The fraction of sp³-hybridized carbons (Fsp3) is 0.294. The molecular formula is C17H18N4O. The second-order valence-electron chi connectivity index (χ2n) is 5.74. The number of benzene rings is 1. The van der Waals surface area contributed by atoms with Crippen LogP contribution in [0.3, 0.4) is 0 Å². The van der Waals surface area contributed by atoms with E-state index in [0.717, 1.165) is 35.1 Å². The van der Waals surface area contributed by atoms with Gasteiger partial charge in [0.25, 0.3) is 0 Å². The lowest BCUT2D eigenvalue weighted by atomic mass is 10.1. The zero-order valence-corrected chi connectivity index (χ0v) is 12.2. The zero-order chi connectivity index (χ0) is 14.9. The number of nitrogens with zero attached hydrogens (tertiary/aromatic N) is 3. The van der Waals surface area contributed by atoms with Gasteiger partial charge in [-0.1, -0.05) is 18.2 Å². The highest BCUT2D eigenvalue weighted by atomic mass is 16.3. The van der Waals surface area contributed by atoms with Gasteiger partial charge in [0.2, 0.25) is 0 Å². The molecule has 22 heavy (non-hydrogen) atoms. The lowest BCUT2D eigenvalue weighted by molar-refractivity contribution is 0.253. The van der Waals surface area contributed by atoms with E-state index in [2.05, 4.69) is 32.0 Å². The van der Waals surface area contributed by atoms with Crippen LogP contribution in [0.25, 0.3) is 22.2 Å². The Morgan fingerprint density at radius 2 is 2.23 bits per heavy atom. The second kappa shape index (κ2) is 5.51. The summed E-state index contributed by atoms with van der Waals surface area (Å²) in [5.41, 5.74) is 1.12. The van der Waals surface area contributed by atoms with E-state index in [0.29, 0.717) is 6.04 Å². The van der Waals surface area contributed by atoms with Crippen LogP contribution >= 0.6 is 0 Å². The number of imidazole rings is 1. The number of hydrogen-bond donors (Lipinski definition) is 2. The van der Waals surface area contributed by atoms with Crippen LogP contribution in [0.4, 0.5) is 0 Å². The Kier molecular flexibility index (Phi) is 3.36. The van der Waals surface area contributed by atoms with Gasteiger partial charge in [-0.2, -0.15) is 0 Å². The zero-order valence-electron chi connectivity index (χ0n) is 12.2. The fourth-order valence-electron chi connectivity index (χ4n) is 3.28. The third kappa shape index (κ3) is 2.19. The number of rotatable bonds is 3. The summed E-state index contributed by atoms with van der Waals surface area (Å²) in [4.78, 5) is 8.78. The molecule has 1 aliphatic rings. The molecule has 5 heteroatoms. The summed E-state index contributed by atoms with van der Waals surface area (Å²) in [5.74, 6) is 0.974. The molecule has 0 radical (unpaired) electrons. The number of nitrogens with one attached hydrogen (secondary N) is 1. The number of aliphatic hydroxyl groups is 1. The van der Waals surface area contributed by atoms with Gasteiger partial charge in [-0.3, -0.25) is 4.98 Å². The van der Waals surface area contributed by atoms with E-state index in [4.69, 9.17) is 0 Å². The van der Waals surface area contributed by atoms with E-state index in [1.165, 1.54) is 0 Å². The minimum Gasteiger partial charge on any atom is -0.395 e. The molecule has 2 aromatic heterocycles. The molecule has 0 saturated carbocycles. The van der Waals surface area contributed by atoms with Crippen LogP contribution in [0.5, 0.6) is 0 Å². The fourth-order valence-corrected chi connectivity index (χ4v) is 3.28. The van der Waals surface area contributed by atoms with Gasteiger partial charge in [0.1, 0.15) is 5.82 Å². The number of aliphatic hydroxyl groups excluding tert-OH is 1. The Bertz CT molecular complexity index is 793. The minimum atomic E-state index is 0.178. The largest absolute Gasteiger partial charge is 0.395 e. The second-order valence-corrected chi connectivity index (χ2v) is 5.74. The third-order valence-electron chi connectivity index (χ3n) is 4.40. The molecular weight excluding hydrogens is 276 g/mol. The SMILES string of the molecule is OC[C@@H]1C[C@H](n2ccnc2-c2cccc3cnccc23)CN1. The van der Waals surface area contributed by atoms with Crippen molar-refractivity contribution in [3.8, 4) is 11.4 Å². The molecule has 0 amide bonds. The highest BCUT2D eigenvalue weighted by Gasteiger charge is 2.26. The average molecular weight is 294 g/mol. The first-order valence-corrected chi connectivity index (χ1v) is 7.57. The number of hydrogen-bond acceptors (Lipinski definition) is 4. The first-order valence-electron chi connectivity index (χ1n) is 7.57. The Hall–Kier alpha value is -2.24. The van der Waals surface area contributed by atoms with E-state index in [1.54, 1.807) is 0 Å². The topological polar surface area (TPSA) is 63.0 Å². The summed E-state index contributed by atoms with van der Waals surface area (Å²) in [5, 5.41) is 14.9. The first kappa shape index (κ1) is 13.4. The summed E-state index contributed by atoms with van der Waals surface area (Å²) in [7, 11) is 0. The van der Waals surface area contributed by atoms with Crippen molar-refractivity contribution in [1.82, 2.24) is 19.9 Å². The van der Waals surface area contributed by atoms with Gasteiger partial charge in [-0.25, -0.2) is 4.98 Å². The molecule has 0 spiro atoms. The van der Waals surface area contributed by atoms with E-state index >= 15 is 0 Å². The van der Waals surface area contributed by atoms with Crippen LogP contribution in [0.15, 0.2) is 49.1 Å². The maximum atomic E-state index is 9.31. The van der Waals surface area contributed by atoms with Crippen molar-refractivity contribution in [3.05, 3.63) is 49.1 Å². The van der Waals surface area contributed by atoms with Crippen molar-refractivity contribution in [2.24, 2.45) is 0 Å². The van der Waals surface area contributed by atoms with Crippen LogP contribution in [0.1, 0.15) is 12.5 Å². The van der Waals surface area contributed by atoms with Gasteiger partial charge in [0.15, 0.2) is 0 Å². The highest BCUT2D eigenvalue weighted by molar-refractivity contribution is 5.94. The van der Waals surface area contributed by atoms with Crippen LogP contribution in [0, 0.1) is 0 Å². The maximum absolute atomic E-state index is 9.31. The van der Waals surface area contributed by atoms with Gasteiger partial charge in [-0.05, 0) is 17.9 Å². The third-order valence-corrected chi connectivity index (χ3v) is 4.40. The Morgan fingerprint density at radius 3 is 3.09 bits per heavy atom. The molecule has 2 N–H and O–H groups in total. The van der Waals surface area contributed by atoms with E-state index in [1.807, 2.05) is 36.9 Å². The number of pyridine rings is 1. The summed E-state index contributed by atoms with van der Waals surface area (Å²) >= 11 is 0. The molecule has 0 unspecified atom stereocenters. The van der Waals surface area contributed by atoms with Crippen molar-refractivity contribution in [3.63, 3.8) is 0 Å². The highest BCUT2D eigenvalue weighted by Crippen LogP contribution is 2.30. The van der Waals surface area contributed by atoms with Crippen molar-refractivity contribution < 1.29 is 5.11 Å². The van der Waals surface area contributed by atoms with E-state index in [9.17, 15) is 5.11 Å². The van der Waals surface area contributed by atoms with Crippen LogP contribution in [-0.4, -0.2) is 38.8 Å². The van der Waals surface area contributed by atoms with Crippen molar-refractivity contribution >= 4 is 10.8 Å².